The predicted octanol–water partition coefficient (Wildman–Crippen LogP) is 4.42. The molecular formula is C23H23F6N7O3S. The van der Waals surface area contributed by atoms with Crippen LogP contribution < -0.4 is 21.1 Å². The summed E-state index contributed by atoms with van der Waals surface area (Å²) in [6.45, 7) is -1.45. The first-order valence-electron chi connectivity index (χ1n) is 11.7. The monoisotopic (exact) mass is 591 g/mol. The fourth-order valence-electron chi connectivity index (χ4n) is 3.80. The van der Waals surface area contributed by atoms with E-state index in [2.05, 4.69) is 30.3 Å². The third kappa shape index (κ3) is 7.62. The molecule has 0 bridgehead atoms. The van der Waals surface area contributed by atoms with Gasteiger partial charge < -0.3 is 21.1 Å². The number of anilines is 4. The van der Waals surface area contributed by atoms with Gasteiger partial charge in [0.05, 0.1) is 10.5 Å². The highest BCUT2D eigenvalue weighted by Crippen LogP contribution is 2.31. The van der Waals surface area contributed by atoms with E-state index in [-0.39, 0.29) is 41.6 Å². The van der Waals surface area contributed by atoms with Crippen molar-refractivity contribution >= 4 is 33.3 Å². The summed E-state index contributed by atoms with van der Waals surface area (Å²) in [7, 11) is -3.77. The average molecular weight is 592 g/mol. The van der Waals surface area contributed by atoms with E-state index in [1.807, 2.05) is 0 Å². The fraction of sp³-hybridized carbons (Fsp3) is 0.348. The first-order valence-corrected chi connectivity index (χ1v) is 13.2. The van der Waals surface area contributed by atoms with E-state index in [4.69, 9.17) is 5.73 Å². The van der Waals surface area contributed by atoms with E-state index in [1.54, 1.807) is 0 Å². The quantitative estimate of drug-likeness (QED) is 0.257. The summed E-state index contributed by atoms with van der Waals surface area (Å²) in [5.74, 6) is -0.571. The van der Waals surface area contributed by atoms with Crippen LogP contribution in [0.2, 0.25) is 0 Å². The normalized spacial score (nSPS) is 15.6. The number of nitrogens with two attached hydrogens (primary N) is 1. The maximum absolute atomic E-state index is 13.1. The average Bonchev–Trinajstić information content (AvgIpc) is 2.87. The SMILES string of the molecule is Nc1ccc(S(=O)(=O)N2CCC(Nc3nc(Nc4cccc(C(F)(F)F)c4)nc(OCC(F)(F)F)n3)CC2)cc1. The standard InChI is InChI=1S/C23H23F6N7O3S/c24-22(25,26)13-39-21-34-19(33-20(35-21)32-17-3-1-2-14(12-17)23(27,28)29)31-16-8-10-36(11-9-16)40(37,38)18-6-4-15(30)5-7-18/h1-7,12,16H,8-11,13,30H2,(H2,31,32,33,34,35). The van der Waals surface area contributed by atoms with E-state index in [9.17, 15) is 34.8 Å². The minimum atomic E-state index is -4.70. The summed E-state index contributed by atoms with van der Waals surface area (Å²) < 4.78 is 109. The molecule has 0 aliphatic carbocycles. The van der Waals surface area contributed by atoms with Gasteiger partial charge in [0.25, 0.3) is 0 Å². The molecule has 2 heterocycles. The number of ether oxygens (including phenoxy) is 1. The van der Waals surface area contributed by atoms with Crippen molar-refractivity contribution in [1.29, 1.82) is 0 Å². The van der Waals surface area contributed by atoms with Gasteiger partial charge in [0, 0.05) is 30.5 Å². The molecule has 0 spiro atoms. The maximum Gasteiger partial charge on any atom is 0.422 e. The zero-order chi connectivity index (χ0) is 29.1. The summed E-state index contributed by atoms with van der Waals surface area (Å²) in [5, 5.41) is 5.44. The van der Waals surface area contributed by atoms with E-state index in [0.29, 0.717) is 18.5 Å². The van der Waals surface area contributed by atoms with Crippen molar-refractivity contribution in [1.82, 2.24) is 19.3 Å². The lowest BCUT2D eigenvalue weighted by molar-refractivity contribution is -0.154. The van der Waals surface area contributed by atoms with Crippen LogP contribution in [-0.2, 0) is 16.2 Å². The first kappa shape index (κ1) is 29.1. The summed E-state index contributed by atoms with van der Waals surface area (Å²) >= 11 is 0. The lowest BCUT2D eigenvalue weighted by Crippen LogP contribution is -2.42. The van der Waals surface area contributed by atoms with Gasteiger partial charge in [0.1, 0.15) is 0 Å². The number of rotatable bonds is 8. The number of hydrogen-bond donors (Lipinski definition) is 3. The van der Waals surface area contributed by atoms with Crippen LogP contribution in [0.3, 0.4) is 0 Å². The highest BCUT2D eigenvalue weighted by atomic mass is 32.2. The Hall–Kier alpha value is -3.86. The highest BCUT2D eigenvalue weighted by Gasteiger charge is 2.32. The minimum absolute atomic E-state index is 0.0741. The van der Waals surface area contributed by atoms with Gasteiger partial charge in [-0.1, -0.05) is 6.07 Å². The van der Waals surface area contributed by atoms with Crippen LogP contribution in [0.5, 0.6) is 6.01 Å². The molecule has 1 aliphatic rings. The van der Waals surface area contributed by atoms with Gasteiger partial charge in [-0.3, -0.25) is 0 Å². The second-order valence-electron chi connectivity index (χ2n) is 8.76. The molecule has 216 valence electrons. The largest absolute Gasteiger partial charge is 0.454 e. The number of nitrogens with zero attached hydrogens (tertiary/aromatic N) is 4. The molecule has 10 nitrogen and oxygen atoms in total. The number of alkyl halides is 6. The van der Waals surface area contributed by atoms with Gasteiger partial charge in [0.15, 0.2) is 6.61 Å². The van der Waals surface area contributed by atoms with Crippen LogP contribution in [0.25, 0.3) is 0 Å². The van der Waals surface area contributed by atoms with Crippen molar-refractivity contribution in [2.75, 3.05) is 36.1 Å². The molecule has 1 aromatic heterocycles. The number of halogens is 6. The molecule has 1 aliphatic heterocycles. The zero-order valence-corrected chi connectivity index (χ0v) is 21.3. The Kier molecular flexibility index (Phi) is 8.25. The Labute approximate surface area is 224 Å². The Morgan fingerprint density at radius 2 is 1.60 bits per heavy atom. The predicted molar refractivity (Wildman–Crippen MR) is 132 cm³/mol. The number of piperidine rings is 1. The summed E-state index contributed by atoms with van der Waals surface area (Å²) in [5.41, 5.74) is 5.00. The third-order valence-corrected chi connectivity index (χ3v) is 7.64. The third-order valence-electron chi connectivity index (χ3n) is 5.73. The fourth-order valence-corrected chi connectivity index (χ4v) is 5.27. The Bertz CT molecular complexity index is 1430. The number of aromatic nitrogens is 3. The molecule has 0 atom stereocenters. The smallest absolute Gasteiger partial charge is 0.422 e. The van der Waals surface area contributed by atoms with Gasteiger partial charge in [-0.05, 0) is 55.3 Å². The van der Waals surface area contributed by atoms with Crippen LogP contribution in [0, 0.1) is 0 Å². The van der Waals surface area contributed by atoms with Crippen molar-refractivity contribution in [2.24, 2.45) is 0 Å². The molecule has 2 aromatic carbocycles. The van der Waals surface area contributed by atoms with Crippen molar-refractivity contribution in [3.05, 3.63) is 54.1 Å². The highest BCUT2D eigenvalue weighted by molar-refractivity contribution is 7.89. The van der Waals surface area contributed by atoms with Crippen molar-refractivity contribution < 1.29 is 39.5 Å². The summed E-state index contributed by atoms with van der Waals surface area (Å²) in [4.78, 5) is 11.7. The Morgan fingerprint density at radius 3 is 2.23 bits per heavy atom. The Morgan fingerprint density at radius 1 is 0.950 bits per heavy atom. The van der Waals surface area contributed by atoms with Gasteiger partial charge in [0.2, 0.25) is 21.9 Å². The molecular weight excluding hydrogens is 568 g/mol. The number of benzene rings is 2. The van der Waals surface area contributed by atoms with E-state index in [1.165, 1.54) is 34.6 Å². The minimum Gasteiger partial charge on any atom is -0.454 e. The van der Waals surface area contributed by atoms with Gasteiger partial charge in [-0.25, -0.2) is 8.42 Å². The van der Waals surface area contributed by atoms with Crippen LogP contribution in [0.1, 0.15) is 18.4 Å². The molecule has 1 fully saturated rings. The number of nitrogen functional groups attached to an aromatic ring is 1. The van der Waals surface area contributed by atoms with Crippen LogP contribution in [-0.4, -0.2) is 59.6 Å². The van der Waals surface area contributed by atoms with Gasteiger partial charge in [-0.15, -0.1) is 0 Å². The molecule has 4 N–H and O–H groups in total. The molecule has 40 heavy (non-hydrogen) atoms. The molecule has 0 saturated carbocycles. The van der Waals surface area contributed by atoms with Crippen LogP contribution in [0.4, 0.5) is 49.6 Å². The molecule has 0 amide bonds. The lowest BCUT2D eigenvalue weighted by Gasteiger charge is -2.31. The number of sulfonamides is 1. The maximum atomic E-state index is 13.1. The van der Waals surface area contributed by atoms with E-state index in [0.717, 1.165) is 18.2 Å². The molecule has 1 saturated heterocycles. The molecule has 4 rings (SSSR count). The second kappa shape index (κ2) is 11.3. The molecule has 0 unspecified atom stereocenters. The first-order chi connectivity index (χ1) is 18.7. The zero-order valence-electron chi connectivity index (χ0n) is 20.5. The molecule has 0 radical (unpaired) electrons. The van der Waals surface area contributed by atoms with Crippen LogP contribution >= 0.6 is 0 Å². The van der Waals surface area contributed by atoms with Gasteiger partial charge >= 0.3 is 18.4 Å². The topological polar surface area (TPSA) is 135 Å². The molecule has 3 aromatic rings. The summed E-state index contributed by atoms with van der Waals surface area (Å²) in [6.07, 6.45) is -8.72. The van der Waals surface area contributed by atoms with Crippen LogP contribution in [0.15, 0.2) is 53.4 Å². The van der Waals surface area contributed by atoms with Crippen molar-refractivity contribution in [3.63, 3.8) is 0 Å². The van der Waals surface area contributed by atoms with Crippen molar-refractivity contribution in [3.8, 4) is 6.01 Å². The van der Waals surface area contributed by atoms with E-state index < -0.39 is 40.6 Å². The van der Waals surface area contributed by atoms with Crippen molar-refractivity contribution in [2.45, 2.75) is 36.1 Å². The van der Waals surface area contributed by atoms with E-state index >= 15 is 0 Å². The second-order valence-corrected chi connectivity index (χ2v) is 10.7. The number of hydrogen-bond acceptors (Lipinski definition) is 9. The number of nitrogens with one attached hydrogen (secondary N) is 2. The summed E-state index contributed by atoms with van der Waals surface area (Å²) in [6, 6.07) is 8.73. The Balaban J connectivity index is 1.49. The molecule has 17 heteroatoms. The van der Waals surface area contributed by atoms with Gasteiger partial charge in [-0.2, -0.15) is 45.6 Å². The lowest BCUT2D eigenvalue weighted by atomic mass is 10.1.